The Balaban J connectivity index is 1.74. The molecule has 0 saturated carbocycles. The fourth-order valence-electron chi connectivity index (χ4n) is 2.33. The lowest BCUT2D eigenvalue weighted by Crippen LogP contribution is -2.32. The molecule has 1 N–H and O–H groups in total. The molecule has 7 heteroatoms. The zero-order valence-corrected chi connectivity index (χ0v) is 16.7. The quantitative estimate of drug-likeness (QED) is 0.634. The van der Waals surface area contributed by atoms with Crippen molar-refractivity contribution in [1.82, 2.24) is 5.32 Å². The first-order valence-corrected chi connectivity index (χ1v) is 9.30. The minimum atomic E-state index is -0.693. The Morgan fingerprint density at radius 1 is 1.15 bits per heavy atom. The van der Waals surface area contributed by atoms with Crippen LogP contribution < -0.4 is 10.1 Å². The number of benzene rings is 2. The Kier molecular flexibility index (Phi) is 7.79. The molecule has 1 unspecified atom stereocenters. The molecular formula is C20H21BrFNO4. The molecule has 2 aromatic carbocycles. The topological polar surface area (TPSA) is 64.6 Å². The Hall–Kier alpha value is -2.41. The summed E-state index contributed by atoms with van der Waals surface area (Å²) in [5, 5.41) is 2.77. The van der Waals surface area contributed by atoms with Crippen LogP contribution in [0.3, 0.4) is 0 Å². The lowest BCUT2D eigenvalue weighted by atomic mass is 10.1. The van der Waals surface area contributed by atoms with E-state index in [-0.39, 0.29) is 12.6 Å². The van der Waals surface area contributed by atoms with Gasteiger partial charge >= 0.3 is 5.97 Å². The summed E-state index contributed by atoms with van der Waals surface area (Å²) in [7, 11) is 0. The van der Waals surface area contributed by atoms with Crippen LogP contribution in [-0.4, -0.2) is 25.1 Å². The zero-order chi connectivity index (χ0) is 19.8. The van der Waals surface area contributed by atoms with E-state index in [9.17, 15) is 14.0 Å². The summed E-state index contributed by atoms with van der Waals surface area (Å²) in [5.41, 5.74) is 2.19. The van der Waals surface area contributed by atoms with E-state index in [0.29, 0.717) is 10.2 Å². The molecule has 1 atom stereocenters. The van der Waals surface area contributed by atoms with Gasteiger partial charge in [-0.15, -0.1) is 0 Å². The van der Waals surface area contributed by atoms with E-state index in [1.165, 1.54) is 23.8 Å². The van der Waals surface area contributed by atoms with Gasteiger partial charge in [0.2, 0.25) is 0 Å². The van der Waals surface area contributed by atoms with Gasteiger partial charge in [0.05, 0.1) is 10.5 Å². The van der Waals surface area contributed by atoms with Crippen molar-refractivity contribution < 1.29 is 23.5 Å². The first-order chi connectivity index (χ1) is 12.9. The fraction of sp³-hybridized carbons (Fsp3) is 0.300. The number of carbonyl (C=O) groups is 2. The lowest BCUT2D eigenvalue weighted by Gasteiger charge is -2.15. The molecule has 27 heavy (non-hydrogen) atoms. The maximum absolute atomic E-state index is 13.0. The standard InChI is InChI=1S/C20H21BrFNO4/c1-3-14-4-6-15(7-5-14)13(2)23-19(24)11-27-20(25)12-26-18-9-8-16(22)10-17(18)21/h4-10,13H,3,11-12H2,1-2H3,(H,23,24). The molecule has 0 radical (unpaired) electrons. The zero-order valence-electron chi connectivity index (χ0n) is 15.1. The van der Waals surface area contributed by atoms with Crippen LogP contribution in [0.15, 0.2) is 46.9 Å². The average molecular weight is 438 g/mol. The molecule has 2 rings (SSSR count). The monoisotopic (exact) mass is 437 g/mol. The normalized spacial score (nSPS) is 11.6. The molecule has 0 aliphatic carbocycles. The maximum atomic E-state index is 13.0. The number of hydrogen-bond acceptors (Lipinski definition) is 4. The predicted molar refractivity (Wildman–Crippen MR) is 103 cm³/mol. The molecule has 144 valence electrons. The van der Waals surface area contributed by atoms with Gasteiger partial charge in [-0.05, 0) is 58.6 Å². The van der Waals surface area contributed by atoms with Crippen molar-refractivity contribution in [3.8, 4) is 5.75 Å². The SMILES string of the molecule is CCc1ccc(C(C)NC(=O)COC(=O)COc2ccc(F)cc2Br)cc1. The summed E-state index contributed by atoms with van der Waals surface area (Å²) >= 11 is 3.14. The Bertz CT molecular complexity index is 795. The van der Waals surface area contributed by atoms with Gasteiger partial charge in [0.15, 0.2) is 13.2 Å². The molecule has 2 aromatic rings. The molecule has 1 amide bonds. The van der Waals surface area contributed by atoms with Gasteiger partial charge in [-0.3, -0.25) is 4.79 Å². The third-order valence-electron chi connectivity index (χ3n) is 3.87. The van der Waals surface area contributed by atoms with Crippen LogP contribution in [-0.2, 0) is 20.7 Å². The van der Waals surface area contributed by atoms with E-state index in [1.54, 1.807) is 0 Å². The third kappa shape index (κ3) is 6.67. The summed E-state index contributed by atoms with van der Waals surface area (Å²) in [6, 6.07) is 11.6. The fourth-order valence-corrected chi connectivity index (χ4v) is 2.79. The first-order valence-electron chi connectivity index (χ1n) is 8.50. The molecule has 0 fully saturated rings. The van der Waals surface area contributed by atoms with Crippen molar-refractivity contribution in [2.75, 3.05) is 13.2 Å². The van der Waals surface area contributed by atoms with Crippen LogP contribution in [0.4, 0.5) is 4.39 Å². The molecular weight excluding hydrogens is 417 g/mol. The second-order valence-electron chi connectivity index (χ2n) is 5.91. The molecule has 0 aliphatic heterocycles. The van der Waals surface area contributed by atoms with E-state index in [4.69, 9.17) is 9.47 Å². The van der Waals surface area contributed by atoms with Gasteiger partial charge in [-0.25, -0.2) is 9.18 Å². The third-order valence-corrected chi connectivity index (χ3v) is 4.49. The first kappa shape index (κ1) is 20.9. The van der Waals surface area contributed by atoms with Crippen LogP contribution in [0.5, 0.6) is 5.75 Å². The minimum absolute atomic E-state index is 0.200. The summed E-state index contributed by atoms with van der Waals surface area (Å²) in [6.07, 6.45) is 0.952. The van der Waals surface area contributed by atoms with E-state index in [1.807, 2.05) is 31.2 Å². The van der Waals surface area contributed by atoms with Crippen molar-refractivity contribution in [2.45, 2.75) is 26.3 Å². The number of rotatable bonds is 8. The molecule has 0 heterocycles. The lowest BCUT2D eigenvalue weighted by molar-refractivity contribution is -0.150. The molecule has 0 aromatic heterocycles. The Labute approximate surface area is 166 Å². The van der Waals surface area contributed by atoms with Gasteiger partial charge < -0.3 is 14.8 Å². The smallest absolute Gasteiger partial charge is 0.344 e. The Morgan fingerprint density at radius 2 is 1.85 bits per heavy atom. The van der Waals surface area contributed by atoms with Crippen LogP contribution in [0.2, 0.25) is 0 Å². The number of esters is 1. The van der Waals surface area contributed by atoms with E-state index in [0.717, 1.165) is 12.0 Å². The largest absolute Gasteiger partial charge is 0.481 e. The average Bonchev–Trinajstić information content (AvgIpc) is 2.65. The van der Waals surface area contributed by atoms with Crippen molar-refractivity contribution in [3.05, 3.63) is 63.9 Å². The molecule has 0 saturated heterocycles. The predicted octanol–water partition coefficient (Wildman–Crippen LogP) is 3.95. The maximum Gasteiger partial charge on any atom is 0.344 e. The second kappa shape index (κ2) is 10.1. The summed E-state index contributed by atoms with van der Waals surface area (Å²) < 4.78 is 23.5. The molecule has 0 aliphatic rings. The number of carbonyl (C=O) groups excluding carboxylic acids is 2. The van der Waals surface area contributed by atoms with E-state index >= 15 is 0 Å². The molecule has 0 spiro atoms. The molecule has 0 bridgehead atoms. The number of ether oxygens (including phenoxy) is 2. The van der Waals surface area contributed by atoms with E-state index in [2.05, 4.69) is 28.2 Å². The van der Waals surface area contributed by atoms with Crippen molar-refractivity contribution in [2.24, 2.45) is 0 Å². The number of aryl methyl sites for hydroxylation is 1. The van der Waals surface area contributed by atoms with Crippen LogP contribution in [0.25, 0.3) is 0 Å². The minimum Gasteiger partial charge on any atom is -0.481 e. The highest BCUT2D eigenvalue weighted by atomic mass is 79.9. The highest BCUT2D eigenvalue weighted by molar-refractivity contribution is 9.10. The van der Waals surface area contributed by atoms with Gasteiger partial charge in [0.25, 0.3) is 5.91 Å². The highest BCUT2D eigenvalue weighted by Crippen LogP contribution is 2.25. The van der Waals surface area contributed by atoms with Gasteiger partial charge in [0.1, 0.15) is 11.6 Å². The number of nitrogens with one attached hydrogen (secondary N) is 1. The van der Waals surface area contributed by atoms with E-state index < -0.39 is 24.3 Å². The number of halogens is 2. The van der Waals surface area contributed by atoms with Crippen molar-refractivity contribution >= 4 is 27.8 Å². The highest BCUT2D eigenvalue weighted by Gasteiger charge is 2.13. The van der Waals surface area contributed by atoms with Gasteiger partial charge in [-0.1, -0.05) is 31.2 Å². The second-order valence-corrected chi connectivity index (χ2v) is 6.76. The van der Waals surface area contributed by atoms with Crippen LogP contribution in [0, 0.1) is 5.82 Å². The number of amides is 1. The summed E-state index contributed by atoms with van der Waals surface area (Å²) in [4.78, 5) is 23.7. The van der Waals surface area contributed by atoms with Crippen molar-refractivity contribution in [1.29, 1.82) is 0 Å². The summed E-state index contributed by atoms with van der Waals surface area (Å²) in [6.45, 7) is 3.15. The van der Waals surface area contributed by atoms with Crippen LogP contribution >= 0.6 is 15.9 Å². The van der Waals surface area contributed by atoms with Gasteiger partial charge in [0, 0.05) is 0 Å². The summed E-state index contributed by atoms with van der Waals surface area (Å²) in [5.74, 6) is -1.21. The van der Waals surface area contributed by atoms with Crippen molar-refractivity contribution in [3.63, 3.8) is 0 Å². The van der Waals surface area contributed by atoms with Gasteiger partial charge in [-0.2, -0.15) is 0 Å². The van der Waals surface area contributed by atoms with Crippen LogP contribution in [0.1, 0.15) is 31.0 Å². The molecule has 5 nitrogen and oxygen atoms in total. The number of hydrogen-bond donors (Lipinski definition) is 1. The Morgan fingerprint density at radius 3 is 2.48 bits per heavy atom.